The van der Waals surface area contributed by atoms with Crippen LogP contribution in [-0.4, -0.2) is 30.1 Å². The highest BCUT2D eigenvalue weighted by molar-refractivity contribution is 5.98. The Morgan fingerprint density at radius 2 is 1.73 bits per heavy atom. The summed E-state index contributed by atoms with van der Waals surface area (Å²) in [6.45, 7) is 1.91. The molecule has 0 bridgehead atoms. The van der Waals surface area contributed by atoms with Gasteiger partial charge < -0.3 is 4.98 Å². The van der Waals surface area contributed by atoms with E-state index in [1.807, 2.05) is 13.0 Å². The second kappa shape index (κ2) is 7.30. The van der Waals surface area contributed by atoms with E-state index in [1.54, 1.807) is 55.0 Å². The second-order valence-corrected chi connectivity index (χ2v) is 7.73. The SMILES string of the molecule is Cc1ccncc1-c1ccc2[nH]nc(-c3nc4nccc(-c5ccccc5F)c4[nH]3)c2c1F. The van der Waals surface area contributed by atoms with Crippen LogP contribution in [0, 0.1) is 18.6 Å². The Bertz CT molecular complexity index is 1670. The summed E-state index contributed by atoms with van der Waals surface area (Å²) in [6, 6.07) is 13.5. The summed E-state index contributed by atoms with van der Waals surface area (Å²) in [5, 5.41) is 7.50. The topological polar surface area (TPSA) is 83.1 Å². The quantitative estimate of drug-likeness (QED) is 0.365. The van der Waals surface area contributed by atoms with Gasteiger partial charge in [0.2, 0.25) is 0 Å². The maximum Gasteiger partial charge on any atom is 0.178 e. The van der Waals surface area contributed by atoms with Crippen LogP contribution in [0.1, 0.15) is 5.56 Å². The van der Waals surface area contributed by atoms with Gasteiger partial charge in [0.05, 0.1) is 16.4 Å². The first-order chi connectivity index (χ1) is 16.1. The molecule has 0 aliphatic carbocycles. The van der Waals surface area contributed by atoms with Gasteiger partial charge in [0.1, 0.15) is 17.3 Å². The molecule has 4 aromatic heterocycles. The summed E-state index contributed by atoms with van der Waals surface area (Å²) >= 11 is 0. The van der Waals surface area contributed by atoms with Crippen LogP contribution in [0.15, 0.2) is 67.1 Å². The predicted molar refractivity (Wildman–Crippen MR) is 122 cm³/mol. The molecular weight excluding hydrogens is 422 g/mol. The molecule has 0 spiro atoms. The number of hydrogen-bond donors (Lipinski definition) is 2. The van der Waals surface area contributed by atoms with Crippen LogP contribution >= 0.6 is 0 Å². The third-order valence-electron chi connectivity index (χ3n) is 5.78. The lowest BCUT2D eigenvalue weighted by Gasteiger charge is -2.07. The van der Waals surface area contributed by atoms with Crippen LogP contribution in [-0.2, 0) is 0 Å². The van der Waals surface area contributed by atoms with Gasteiger partial charge in [-0.1, -0.05) is 18.2 Å². The number of pyridine rings is 2. The maximum absolute atomic E-state index is 15.8. The van der Waals surface area contributed by atoms with Crippen LogP contribution in [0.2, 0.25) is 0 Å². The molecule has 4 heterocycles. The predicted octanol–water partition coefficient (Wildman–Crippen LogP) is 5.82. The van der Waals surface area contributed by atoms with Gasteiger partial charge in [-0.25, -0.2) is 18.7 Å². The minimum absolute atomic E-state index is 0.308. The molecule has 6 aromatic rings. The number of aromatic nitrogens is 6. The monoisotopic (exact) mass is 438 g/mol. The Balaban J connectivity index is 1.57. The van der Waals surface area contributed by atoms with Gasteiger partial charge in [0.15, 0.2) is 11.5 Å². The van der Waals surface area contributed by atoms with E-state index in [-0.39, 0.29) is 5.82 Å². The van der Waals surface area contributed by atoms with Gasteiger partial charge >= 0.3 is 0 Å². The number of imidazole rings is 1. The molecule has 2 aromatic carbocycles. The average molecular weight is 438 g/mol. The summed E-state index contributed by atoms with van der Waals surface area (Å²) < 4.78 is 30.2. The number of nitrogens with one attached hydrogen (secondary N) is 2. The summed E-state index contributed by atoms with van der Waals surface area (Å²) in [7, 11) is 0. The molecule has 160 valence electrons. The molecule has 0 amide bonds. The summed E-state index contributed by atoms with van der Waals surface area (Å²) in [4.78, 5) is 16.2. The molecule has 0 radical (unpaired) electrons. The third kappa shape index (κ3) is 2.99. The van der Waals surface area contributed by atoms with Crippen molar-refractivity contribution in [1.82, 2.24) is 30.1 Å². The molecule has 33 heavy (non-hydrogen) atoms. The van der Waals surface area contributed by atoms with Crippen molar-refractivity contribution in [3.63, 3.8) is 0 Å². The average Bonchev–Trinajstić information content (AvgIpc) is 3.45. The number of aromatic amines is 2. The van der Waals surface area contributed by atoms with Gasteiger partial charge in [-0.3, -0.25) is 10.1 Å². The van der Waals surface area contributed by atoms with Gasteiger partial charge in [0, 0.05) is 40.8 Å². The van der Waals surface area contributed by atoms with Gasteiger partial charge in [-0.05, 0) is 42.8 Å². The molecule has 0 saturated carbocycles. The van der Waals surface area contributed by atoms with E-state index in [4.69, 9.17) is 0 Å². The molecule has 0 fully saturated rings. The minimum atomic E-state index is -0.421. The molecule has 0 aliphatic heterocycles. The Kier molecular flexibility index (Phi) is 4.26. The number of rotatable bonds is 3. The van der Waals surface area contributed by atoms with Crippen LogP contribution in [0.25, 0.3) is 55.8 Å². The lowest BCUT2D eigenvalue weighted by atomic mass is 10.00. The number of H-pyrrole nitrogens is 2. The molecule has 6 nitrogen and oxygen atoms in total. The maximum atomic E-state index is 15.8. The van der Waals surface area contributed by atoms with E-state index in [2.05, 4.69) is 30.1 Å². The summed E-state index contributed by atoms with van der Waals surface area (Å²) in [5.41, 5.74) is 4.88. The van der Waals surface area contributed by atoms with Crippen molar-refractivity contribution in [2.75, 3.05) is 0 Å². The van der Waals surface area contributed by atoms with Crippen LogP contribution in [0.5, 0.6) is 0 Å². The van der Waals surface area contributed by atoms with Crippen molar-refractivity contribution in [3.05, 3.63) is 84.3 Å². The number of aryl methyl sites for hydroxylation is 1. The van der Waals surface area contributed by atoms with Gasteiger partial charge in [-0.2, -0.15) is 5.10 Å². The fourth-order valence-corrected chi connectivity index (χ4v) is 4.13. The van der Waals surface area contributed by atoms with Crippen molar-refractivity contribution >= 4 is 22.1 Å². The van der Waals surface area contributed by atoms with Crippen molar-refractivity contribution in [2.45, 2.75) is 6.92 Å². The number of nitrogens with zero attached hydrogens (tertiary/aromatic N) is 4. The fourth-order valence-electron chi connectivity index (χ4n) is 4.13. The van der Waals surface area contributed by atoms with E-state index >= 15 is 4.39 Å². The van der Waals surface area contributed by atoms with Crippen molar-refractivity contribution in [2.24, 2.45) is 0 Å². The molecular formula is C25H16F2N6. The Hall–Kier alpha value is -4.46. The zero-order valence-electron chi connectivity index (χ0n) is 17.4. The number of hydrogen-bond acceptors (Lipinski definition) is 4. The van der Waals surface area contributed by atoms with Crippen molar-refractivity contribution in [3.8, 4) is 33.8 Å². The highest BCUT2D eigenvalue weighted by Crippen LogP contribution is 2.36. The first-order valence-electron chi connectivity index (χ1n) is 10.3. The molecule has 0 aliphatic rings. The van der Waals surface area contributed by atoms with Crippen LogP contribution in [0.4, 0.5) is 8.78 Å². The normalized spacial score (nSPS) is 11.5. The molecule has 0 saturated heterocycles. The Morgan fingerprint density at radius 1 is 0.848 bits per heavy atom. The first-order valence-corrected chi connectivity index (χ1v) is 10.3. The Morgan fingerprint density at radius 3 is 2.58 bits per heavy atom. The van der Waals surface area contributed by atoms with Crippen molar-refractivity contribution in [1.29, 1.82) is 0 Å². The largest absolute Gasteiger partial charge is 0.335 e. The minimum Gasteiger partial charge on any atom is -0.335 e. The molecule has 0 unspecified atom stereocenters. The lowest BCUT2D eigenvalue weighted by molar-refractivity contribution is 0.631. The number of halogens is 2. The number of benzene rings is 2. The van der Waals surface area contributed by atoms with Crippen LogP contribution in [0.3, 0.4) is 0 Å². The number of fused-ring (bicyclic) bond motifs is 2. The van der Waals surface area contributed by atoms with Gasteiger partial charge in [0.25, 0.3) is 0 Å². The second-order valence-electron chi connectivity index (χ2n) is 7.73. The van der Waals surface area contributed by atoms with Crippen molar-refractivity contribution < 1.29 is 8.78 Å². The van der Waals surface area contributed by atoms with E-state index in [0.717, 1.165) is 5.56 Å². The zero-order chi connectivity index (χ0) is 22.5. The van der Waals surface area contributed by atoms with E-state index in [9.17, 15) is 4.39 Å². The van der Waals surface area contributed by atoms with E-state index in [0.29, 0.717) is 55.8 Å². The lowest BCUT2D eigenvalue weighted by Crippen LogP contribution is -1.91. The molecule has 6 rings (SSSR count). The highest BCUT2D eigenvalue weighted by Gasteiger charge is 2.21. The fraction of sp³-hybridized carbons (Fsp3) is 0.0400. The molecule has 0 atom stereocenters. The smallest absolute Gasteiger partial charge is 0.178 e. The third-order valence-corrected chi connectivity index (χ3v) is 5.78. The Labute approximate surface area is 186 Å². The van der Waals surface area contributed by atoms with Gasteiger partial charge in [-0.15, -0.1) is 0 Å². The van der Waals surface area contributed by atoms with E-state index in [1.165, 1.54) is 6.07 Å². The first kappa shape index (κ1) is 19.2. The molecule has 8 heteroatoms. The standard InChI is InChI=1S/C25H16F2N6/c1-13-8-10-28-12-17(13)15-6-7-19-20(21(15)27)23(33-32-19)25-30-22-16(9-11-29-24(22)31-25)14-4-2-3-5-18(14)26/h2-12H,1H3,(H,32,33)(H,29,30,31). The summed E-state index contributed by atoms with van der Waals surface area (Å²) in [5.74, 6) is -0.435. The van der Waals surface area contributed by atoms with Crippen LogP contribution < -0.4 is 0 Å². The molecule has 2 N–H and O–H groups in total. The highest BCUT2D eigenvalue weighted by atomic mass is 19.1. The van der Waals surface area contributed by atoms with E-state index < -0.39 is 5.82 Å². The summed E-state index contributed by atoms with van der Waals surface area (Å²) in [6.07, 6.45) is 4.89. The zero-order valence-corrected chi connectivity index (χ0v) is 17.4.